The number of aromatic nitrogens is 3. The molecule has 0 bridgehead atoms. The van der Waals surface area contributed by atoms with Crippen LogP contribution in [0, 0.1) is 0 Å². The molecule has 8 nitrogen and oxygen atoms in total. The molecule has 0 saturated carbocycles. The minimum Gasteiger partial charge on any atom is -0.497 e. The summed E-state index contributed by atoms with van der Waals surface area (Å²) in [6, 6.07) is 2.78. The fourth-order valence-corrected chi connectivity index (χ4v) is 2.33. The maximum absolute atomic E-state index is 11.7. The van der Waals surface area contributed by atoms with Gasteiger partial charge in [-0.2, -0.15) is 9.19 Å². The third-order valence-electron chi connectivity index (χ3n) is 2.76. The van der Waals surface area contributed by atoms with E-state index in [1.54, 1.807) is 0 Å². The first kappa shape index (κ1) is 15.0. The first-order valence-electron chi connectivity index (χ1n) is 5.95. The summed E-state index contributed by atoms with van der Waals surface area (Å²) in [5.41, 5.74) is 0.452. The number of hydrogen-bond donors (Lipinski definition) is 1. The van der Waals surface area contributed by atoms with Gasteiger partial charge in [0.05, 0.1) is 31.0 Å². The van der Waals surface area contributed by atoms with Gasteiger partial charge in [-0.05, 0) is 6.92 Å². The maximum Gasteiger partial charge on any atom is 0.354 e. The smallest absolute Gasteiger partial charge is 0.354 e. The molecule has 1 N–H and O–H groups in total. The second kappa shape index (κ2) is 5.52. The fraction of sp³-hybridized carbons (Fsp3) is 0.250. The van der Waals surface area contributed by atoms with Gasteiger partial charge in [0.15, 0.2) is 5.69 Å². The van der Waals surface area contributed by atoms with E-state index >= 15 is 0 Å². The summed E-state index contributed by atoms with van der Waals surface area (Å²) in [6.45, 7) is 1.50. The third-order valence-corrected chi connectivity index (χ3v) is 4.26. The lowest BCUT2D eigenvalue weighted by atomic mass is 10.2. The molecule has 0 aliphatic heterocycles. The average molecular weight is 311 g/mol. The zero-order chi connectivity index (χ0) is 15.6. The Hall–Kier alpha value is -2.42. The van der Waals surface area contributed by atoms with Gasteiger partial charge in [0.1, 0.15) is 5.75 Å². The van der Waals surface area contributed by atoms with Crippen molar-refractivity contribution in [3.05, 3.63) is 30.2 Å². The van der Waals surface area contributed by atoms with Crippen molar-refractivity contribution in [1.29, 1.82) is 0 Å². The molecule has 0 fully saturated rings. The van der Waals surface area contributed by atoms with Gasteiger partial charge in [-0.3, -0.25) is 0 Å². The van der Waals surface area contributed by atoms with Crippen molar-refractivity contribution in [3.8, 4) is 17.0 Å². The molecule has 0 amide bonds. The quantitative estimate of drug-likeness (QED) is 0.871. The van der Waals surface area contributed by atoms with Crippen LogP contribution in [0.15, 0.2) is 24.5 Å². The van der Waals surface area contributed by atoms with Crippen molar-refractivity contribution in [3.63, 3.8) is 0 Å². The highest BCUT2D eigenvalue weighted by molar-refractivity contribution is 7.89. The number of carboxylic acid groups (broad SMARTS) is 1. The Kier molecular flexibility index (Phi) is 3.94. The zero-order valence-electron chi connectivity index (χ0n) is 11.3. The molecule has 2 heterocycles. The van der Waals surface area contributed by atoms with Crippen molar-refractivity contribution < 1.29 is 23.1 Å². The van der Waals surface area contributed by atoms with Crippen LogP contribution in [0.3, 0.4) is 0 Å². The van der Waals surface area contributed by atoms with Gasteiger partial charge in [-0.25, -0.2) is 18.2 Å². The summed E-state index contributed by atoms with van der Waals surface area (Å²) in [6.07, 6.45) is 2.59. The highest BCUT2D eigenvalue weighted by atomic mass is 32.2. The van der Waals surface area contributed by atoms with Gasteiger partial charge in [-0.1, -0.05) is 0 Å². The summed E-state index contributed by atoms with van der Waals surface area (Å²) in [4.78, 5) is 15.0. The molecule has 0 aliphatic carbocycles. The second-order valence-electron chi connectivity index (χ2n) is 4.08. The lowest BCUT2D eigenvalue weighted by molar-refractivity contribution is 0.0690. The van der Waals surface area contributed by atoms with Crippen LogP contribution in [0.4, 0.5) is 0 Å². The lowest BCUT2D eigenvalue weighted by Crippen LogP contribution is -2.14. The van der Waals surface area contributed by atoms with Crippen molar-refractivity contribution in [2.45, 2.75) is 6.92 Å². The van der Waals surface area contributed by atoms with Gasteiger partial charge >= 0.3 is 5.97 Å². The van der Waals surface area contributed by atoms with Gasteiger partial charge < -0.3 is 9.84 Å². The molecule has 2 aromatic rings. The lowest BCUT2D eigenvalue weighted by Gasteiger charge is -2.04. The summed E-state index contributed by atoms with van der Waals surface area (Å²) in [7, 11) is -2.10. The topological polar surface area (TPSA) is 111 Å². The normalized spacial score (nSPS) is 11.3. The van der Waals surface area contributed by atoms with Crippen LogP contribution < -0.4 is 4.74 Å². The Bertz CT molecular complexity index is 782. The number of rotatable bonds is 5. The number of aromatic carboxylic acids is 1. The second-order valence-corrected chi connectivity index (χ2v) is 6.20. The number of carboxylic acids is 1. The Labute approximate surface area is 121 Å². The van der Waals surface area contributed by atoms with Gasteiger partial charge in [0.2, 0.25) is 0 Å². The van der Waals surface area contributed by atoms with E-state index in [0.717, 1.165) is 4.09 Å². The molecule has 0 unspecified atom stereocenters. The minimum absolute atomic E-state index is 0.0972. The number of hydrogen-bond acceptors (Lipinski definition) is 6. The molecule has 21 heavy (non-hydrogen) atoms. The molecule has 2 rings (SSSR count). The molecule has 0 atom stereocenters. The molecular weight excluding hydrogens is 298 g/mol. The van der Waals surface area contributed by atoms with E-state index in [-0.39, 0.29) is 17.1 Å². The summed E-state index contributed by atoms with van der Waals surface area (Å²) >= 11 is 0. The van der Waals surface area contributed by atoms with Crippen molar-refractivity contribution in [1.82, 2.24) is 14.2 Å². The van der Waals surface area contributed by atoms with Gasteiger partial charge in [-0.15, -0.1) is 0 Å². The molecule has 0 aliphatic rings. The standard InChI is InChI=1S/C12H13N3O5S/c1-3-21(18,19)15-7-8(6-13-15)10-4-9(20-2)5-11(14-10)12(16)17/h4-7H,3H2,1-2H3,(H,16,17). The van der Waals surface area contributed by atoms with E-state index in [1.165, 1.54) is 38.6 Å². The SMILES string of the molecule is CCS(=O)(=O)n1cc(-c2cc(OC)cc(C(=O)O)n2)cn1. The van der Waals surface area contributed by atoms with E-state index in [0.29, 0.717) is 11.3 Å². The van der Waals surface area contributed by atoms with Crippen LogP contribution in [0.1, 0.15) is 17.4 Å². The van der Waals surface area contributed by atoms with E-state index in [9.17, 15) is 13.2 Å². The predicted molar refractivity (Wildman–Crippen MR) is 73.8 cm³/mol. The summed E-state index contributed by atoms with van der Waals surface area (Å²) in [5.74, 6) is -0.993. The maximum atomic E-state index is 11.7. The predicted octanol–water partition coefficient (Wildman–Crippen LogP) is 0.850. The van der Waals surface area contributed by atoms with Crippen LogP contribution in [0.25, 0.3) is 11.3 Å². The van der Waals surface area contributed by atoms with Crippen LogP contribution in [-0.2, 0) is 10.0 Å². The molecule has 0 spiro atoms. The minimum atomic E-state index is -3.50. The van der Waals surface area contributed by atoms with Crippen LogP contribution in [0.5, 0.6) is 5.75 Å². The Balaban J connectivity index is 2.52. The highest BCUT2D eigenvalue weighted by Gasteiger charge is 2.15. The van der Waals surface area contributed by atoms with Crippen molar-refractivity contribution >= 4 is 16.0 Å². The zero-order valence-corrected chi connectivity index (χ0v) is 12.2. The summed E-state index contributed by atoms with van der Waals surface area (Å²) in [5, 5.41) is 12.8. The number of ether oxygens (including phenoxy) is 1. The largest absolute Gasteiger partial charge is 0.497 e. The van der Waals surface area contributed by atoms with Crippen molar-refractivity contribution in [2.75, 3.05) is 12.9 Å². The van der Waals surface area contributed by atoms with E-state index in [4.69, 9.17) is 9.84 Å². The molecule has 112 valence electrons. The summed E-state index contributed by atoms with van der Waals surface area (Å²) < 4.78 is 29.3. The Morgan fingerprint density at radius 2 is 2.14 bits per heavy atom. The fourth-order valence-electron chi connectivity index (χ4n) is 1.60. The Morgan fingerprint density at radius 3 is 2.71 bits per heavy atom. The molecule has 0 saturated heterocycles. The third kappa shape index (κ3) is 3.02. The number of nitrogens with zero attached hydrogens (tertiary/aromatic N) is 3. The van der Waals surface area contributed by atoms with E-state index in [1.807, 2.05) is 0 Å². The molecule has 0 radical (unpaired) electrons. The first-order chi connectivity index (χ1) is 9.87. The monoisotopic (exact) mass is 311 g/mol. The van der Waals surface area contributed by atoms with E-state index in [2.05, 4.69) is 10.1 Å². The molecule has 9 heteroatoms. The average Bonchev–Trinajstić information content (AvgIpc) is 2.97. The number of methoxy groups -OCH3 is 1. The Morgan fingerprint density at radius 1 is 1.43 bits per heavy atom. The van der Waals surface area contributed by atoms with Gasteiger partial charge in [0, 0.05) is 17.7 Å². The molecular formula is C12H13N3O5S. The van der Waals surface area contributed by atoms with Crippen LogP contribution in [-0.4, -0.2) is 46.5 Å². The number of pyridine rings is 1. The van der Waals surface area contributed by atoms with Crippen LogP contribution in [0.2, 0.25) is 0 Å². The molecule has 2 aromatic heterocycles. The molecule has 0 aromatic carbocycles. The van der Waals surface area contributed by atoms with E-state index < -0.39 is 16.0 Å². The van der Waals surface area contributed by atoms with Crippen LogP contribution >= 0.6 is 0 Å². The highest BCUT2D eigenvalue weighted by Crippen LogP contribution is 2.23. The van der Waals surface area contributed by atoms with Gasteiger partial charge in [0.25, 0.3) is 10.0 Å². The first-order valence-corrected chi connectivity index (χ1v) is 7.56. The number of carbonyl (C=O) groups is 1. The van der Waals surface area contributed by atoms with Crippen molar-refractivity contribution in [2.24, 2.45) is 0 Å².